The molecule has 0 N–H and O–H groups in total. The zero-order chi connectivity index (χ0) is 14.7. The highest BCUT2D eigenvalue weighted by Crippen LogP contribution is 2.27. The molecular weight excluding hydrogens is 262 g/mol. The van der Waals surface area contributed by atoms with Gasteiger partial charge >= 0.3 is 0 Å². The number of hydrogen-bond acceptors (Lipinski definition) is 3. The average Bonchev–Trinajstić information content (AvgIpc) is 2.99. The third kappa shape index (κ3) is 3.73. The molecule has 0 amide bonds. The van der Waals surface area contributed by atoms with Gasteiger partial charge in [0.15, 0.2) is 0 Å². The second-order valence-corrected chi connectivity index (χ2v) is 6.93. The van der Waals surface area contributed by atoms with Crippen LogP contribution < -0.4 is 5.56 Å². The summed E-state index contributed by atoms with van der Waals surface area (Å²) in [5.41, 5.74) is 0.870. The van der Waals surface area contributed by atoms with E-state index in [1.165, 1.54) is 58.2 Å². The fourth-order valence-electron chi connectivity index (χ4n) is 3.88. The Morgan fingerprint density at radius 1 is 1.10 bits per heavy atom. The van der Waals surface area contributed by atoms with E-state index in [4.69, 9.17) is 0 Å². The number of likely N-dealkylation sites (tertiary alicyclic amines) is 1. The summed E-state index contributed by atoms with van der Waals surface area (Å²) in [5, 5.41) is 0. The summed E-state index contributed by atoms with van der Waals surface area (Å²) in [4.78, 5) is 18.8. The summed E-state index contributed by atoms with van der Waals surface area (Å²) >= 11 is 0. The van der Waals surface area contributed by atoms with E-state index in [1.54, 1.807) is 17.1 Å². The third-order valence-corrected chi connectivity index (χ3v) is 5.23. The van der Waals surface area contributed by atoms with Gasteiger partial charge in [0.25, 0.3) is 5.56 Å². The van der Waals surface area contributed by atoms with Crippen LogP contribution in [0.1, 0.15) is 44.1 Å². The molecule has 2 aliphatic rings. The van der Waals surface area contributed by atoms with E-state index in [1.807, 2.05) is 6.92 Å². The molecule has 1 aromatic rings. The quantitative estimate of drug-likeness (QED) is 0.854. The Morgan fingerprint density at radius 3 is 2.48 bits per heavy atom. The van der Waals surface area contributed by atoms with Crippen LogP contribution in [-0.4, -0.2) is 34.1 Å². The van der Waals surface area contributed by atoms with Gasteiger partial charge in [-0.05, 0) is 57.5 Å². The maximum atomic E-state index is 12.0. The van der Waals surface area contributed by atoms with Crippen LogP contribution in [0.25, 0.3) is 0 Å². The number of piperidine rings is 1. The normalized spacial score (nSPS) is 22.0. The van der Waals surface area contributed by atoms with E-state index in [-0.39, 0.29) is 5.56 Å². The van der Waals surface area contributed by atoms with Crippen LogP contribution in [0.2, 0.25) is 0 Å². The van der Waals surface area contributed by atoms with Gasteiger partial charge in [0, 0.05) is 24.8 Å². The van der Waals surface area contributed by atoms with Gasteiger partial charge in [-0.2, -0.15) is 0 Å². The lowest BCUT2D eigenvalue weighted by Gasteiger charge is -2.33. The molecule has 1 saturated heterocycles. The van der Waals surface area contributed by atoms with Crippen molar-refractivity contribution in [2.45, 2.75) is 52.0 Å². The molecule has 2 heterocycles. The fourth-order valence-corrected chi connectivity index (χ4v) is 3.88. The van der Waals surface area contributed by atoms with Gasteiger partial charge in [-0.25, -0.2) is 4.98 Å². The van der Waals surface area contributed by atoms with Crippen LogP contribution in [-0.2, 0) is 6.54 Å². The first-order chi connectivity index (χ1) is 10.2. The molecule has 0 radical (unpaired) electrons. The predicted octanol–water partition coefficient (Wildman–Crippen LogP) is 2.45. The summed E-state index contributed by atoms with van der Waals surface area (Å²) in [6.07, 6.45) is 11.5. The lowest BCUT2D eigenvalue weighted by atomic mass is 9.95. The Labute approximate surface area is 127 Å². The summed E-state index contributed by atoms with van der Waals surface area (Å²) in [7, 11) is 0. The third-order valence-electron chi connectivity index (χ3n) is 5.23. The van der Waals surface area contributed by atoms with Crippen molar-refractivity contribution in [2.75, 3.05) is 19.6 Å². The molecule has 1 saturated carbocycles. The second kappa shape index (κ2) is 6.73. The molecule has 116 valence electrons. The van der Waals surface area contributed by atoms with Gasteiger partial charge in [0.05, 0.1) is 6.33 Å². The Morgan fingerprint density at radius 2 is 1.76 bits per heavy atom. The molecule has 0 spiro atoms. The van der Waals surface area contributed by atoms with Gasteiger partial charge in [-0.15, -0.1) is 0 Å². The molecule has 1 aromatic heterocycles. The van der Waals surface area contributed by atoms with Crippen LogP contribution in [0, 0.1) is 18.8 Å². The summed E-state index contributed by atoms with van der Waals surface area (Å²) in [6, 6.07) is 0. The van der Waals surface area contributed by atoms with E-state index in [0.29, 0.717) is 5.92 Å². The van der Waals surface area contributed by atoms with Crippen molar-refractivity contribution in [1.82, 2.24) is 14.5 Å². The number of aryl methyl sites for hydroxylation is 1. The molecule has 3 rings (SSSR count). The molecule has 0 atom stereocenters. The van der Waals surface area contributed by atoms with Crippen molar-refractivity contribution >= 4 is 0 Å². The number of hydrogen-bond donors (Lipinski definition) is 0. The van der Waals surface area contributed by atoms with E-state index in [9.17, 15) is 4.79 Å². The highest BCUT2D eigenvalue weighted by Gasteiger charge is 2.23. The number of aromatic nitrogens is 2. The van der Waals surface area contributed by atoms with E-state index in [2.05, 4.69) is 9.88 Å². The second-order valence-electron chi connectivity index (χ2n) is 6.93. The summed E-state index contributed by atoms with van der Waals surface area (Å²) < 4.78 is 1.80. The first kappa shape index (κ1) is 14.8. The summed E-state index contributed by atoms with van der Waals surface area (Å²) in [5.74, 6) is 1.58. The number of rotatable bonds is 4. The molecule has 21 heavy (non-hydrogen) atoms. The molecule has 0 unspecified atom stereocenters. The molecule has 0 bridgehead atoms. The van der Waals surface area contributed by atoms with Crippen molar-refractivity contribution in [1.29, 1.82) is 0 Å². The topological polar surface area (TPSA) is 38.1 Å². The smallest absolute Gasteiger partial charge is 0.256 e. The summed E-state index contributed by atoms with van der Waals surface area (Å²) in [6.45, 7) is 6.39. The lowest BCUT2D eigenvalue weighted by molar-refractivity contribution is 0.152. The highest BCUT2D eigenvalue weighted by atomic mass is 16.1. The lowest BCUT2D eigenvalue weighted by Crippen LogP contribution is -2.38. The standard InChI is InChI=1S/C17H27N3O/c1-14-10-18-13-20(17(14)21)12-16-6-8-19(9-7-16)11-15-4-2-3-5-15/h10,13,15-16H,2-9,11-12H2,1H3. The van der Waals surface area contributed by atoms with Crippen LogP contribution in [0.3, 0.4) is 0 Å². The molecule has 4 nitrogen and oxygen atoms in total. The molecule has 0 aromatic carbocycles. The number of nitrogens with zero attached hydrogens (tertiary/aromatic N) is 3. The van der Waals surface area contributed by atoms with Crippen LogP contribution in [0.5, 0.6) is 0 Å². The van der Waals surface area contributed by atoms with Gasteiger partial charge in [0.1, 0.15) is 0 Å². The van der Waals surface area contributed by atoms with E-state index >= 15 is 0 Å². The van der Waals surface area contributed by atoms with E-state index in [0.717, 1.165) is 18.0 Å². The predicted molar refractivity (Wildman–Crippen MR) is 84.4 cm³/mol. The maximum Gasteiger partial charge on any atom is 0.256 e. The van der Waals surface area contributed by atoms with Crippen molar-refractivity contribution in [2.24, 2.45) is 11.8 Å². The Bertz CT molecular complexity index is 511. The molecule has 1 aliphatic heterocycles. The molecule has 2 fully saturated rings. The van der Waals surface area contributed by atoms with Crippen molar-refractivity contribution in [3.05, 3.63) is 28.4 Å². The molecular formula is C17H27N3O. The van der Waals surface area contributed by atoms with E-state index < -0.39 is 0 Å². The average molecular weight is 289 g/mol. The first-order valence-electron chi connectivity index (χ1n) is 8.46. The minimum Gasteiger partial charge on any atom is -0.303 e. The Balaban J connectivity index is 1.49. The highest BCUT2D eigenvalue weighted by molar-refractivity contribution is 5.00. The van der Waals surface area contributed by atoms with Gasteiger partial charge < -0.3 is 4.90 Å². The van der Waals surface area contributed by atoms with Crippen LogP contribution in [0.4, 0.5) is 0 Å². The largest absolute Gasteiger partial charge is 0.303 e. The Hall–Kier alpha value is -1.16. The monoisotopic (exact) mass is 289 g/mol. The molecule has 4 heteroatoms. The van der Waals surface area contributed by atoms with Gasteiger partial charge in [0.2, 0.25) is 0 Å². The van der Waals surface area contributed by atoms with Crippen LogP contribution >= 0.6 is 0 Å². The fraction of sp³-hybridized carbons (Fsp3) is 0.765. The SMILES string of the molecule is Cc1cncn(CC2CCN(CC3CCCC3)CC2)c1=O. The van der Waals surface area contributed by atoms with Crippen molar-refractivity contribution in [3.8, 4) is 0 Å². The van der Waals surface area contributed by atoms with Gasteiger partial charge in [-0.3, -0.25) is 9.36 Å². The first-order valence-corrected chi connectivity index (χ1v) is 8.46. The minimum absolute atomic E-state index is 0.124. The molecule has 1 aliphatic carbocycles. The Kier molecular flexibility index (Phi) is 4.73. The van der Waals surface area contributed by atoms with Crippen LogP contribution in [0.15, 0.2) is 17.3 Å². The van der Waals surface area contributed by atoms with Crippen molar-refractivity contribution in [3.63, 3.8) is 0 Å². The van der Waals surface area contributed by atoms with Gasteiger partial charge in [-0.1, -0.05) is 12.8 Å². The maximum absolute atomic E-state index is 12.0. The van der Waals surface area contributed by atoms with Crippen molar-refractivity contribution < 1.29 is 0 Å². The zero-order valence-electron chi connectivity index (χ0n) is 13.1. The zero-order valence-corrected chi connectivity index (χ0v) is 13.1. The minimum atomic E-state index is 0.124.